The van der Waals surface area contributed by atoms with Crippen LogP contribution in [0.4, 0.5) is 0 Å². The molecule has 0 aliphatic rings. The first-order valence-electron chi connectivity index (χ1n) is 5.56. The Morgan fingerprint density at radius 1 is 1.53 bits per heavy atom. The van der Waals surface area contributed by atoms with Crippen LogP contribution in [0.1, 0.15) is 13.3 Å². The van der Waals surface area contributed by atoms with Crippen LogP contribution in [-0.2, 0) is 10.0 Å². The highest BCUT2D eigenvalue weighted by Gasteiger charge is 2.22. The Kier molecular flexibility index (Phi) is 6.07. The number of hydrogen-bond donors (Lipinski definition) is 2. The zero-order chi connectivity index (χ0) is 14.6. The van der Waals surface area contributed by atoms with Crippen molar-refractivity contribution in [2.24, 2.45) is 5.73 Å². The van der Waals surface area contributed by atoms with Crippen molar-refractivity contribution >= 4 is 37.6 Å². The van der Waals surface area contributed by atoms with Gasteiger partial charge >= 0.3 is 0 Å². The Labute approximate surface area is 126 Å². The van der Waals surface area contributed by atoms with Gasteiger partial charge in [-0.3, -0.25) is 0 Å². The zero-order valence-electron chi connectivity index (χ0n) is 10.6. The van der Waals surface area contributed by atoms with Gasteiger partial charge in [-0.25, -0.2) is 13.1 Å². The quantitative estimate of drug-likeness (QED) is 0.802. The van der Waals surface area contributed by atoms with Crippen LogP contribution in [0, 0.1) is 0 Å². The van der Waals surface area contributed by atoms with E-state index < -0.39 is 10.0 Å². The fourth-order valence-electron chi connectivity index (χ4n) is 1.43. The first kappa shape index (κ1) is 16.7. The van der Waals surface area contributed by atoms with E-state index in [9.17, 15) is 8.42 Å². The average molecular weight is 372 g/mol. The number of hydrogen-bond acceptors (Lipinski definition) is 4. The minimum atomic E-state index is -3.69. The average Bonchev–Trinajstić information content (AvgIpc) is 2.27. The second kappa shape index (κ2) is 6.90. The molecule has 0 saturated carbocycles. The predicted molar refractivity (Wildman–Crippen MR) is 79.2 cm³/mol. The highest BCUT2D eigenvalue weighted by molar-refractivity contribution is 9.10. The summed E-state index contributed by atoms with van der Waals surface area (Å²) >= 11 is 9.09. The molecule has 0 bridgehead atoms. The van der Waals surface area contributed by atoms with E-state index in [1.165, 1.54) is 13.2 Å². The van der Waals surface area contributed by atoms with E-state index in [1.54, 1.807) is 6.07 Å². The highest BCUT2D eigenvalue weighted by Crippen LogP contribution is 2.35. The molecule has 1 atom stereocenters. The lowest BCUT2D eigenvalue weighted by Gasteiger charge is -2.13. The molecular formula is C11H16BrClN2O3S. The minimum absolute atomic E-state index is 0.000880. The van der Waals surface area contributed by atoms with Gasteiger partial charge < -0.3 is 10.5 Å². The van der Waals surface area contributed by atoms with E-state index in [-0.39, 0.29) is 23.2 Å². The summed E-state index contributed by atoms with van der Waals surface area (Å²) in [7, 11) is -2.29. The third kappa shape index (κ3) is 4.61. The number of benzene rings is 1. The van der Waals surface area contributed by atoms with Crippen molar-refractivity contribution in [3.63, 3.8) is 0 Å². The Morgan fingerprint density at radius 2 is 2.16 bits per heavy atom. The minimum Gasteiger partial charge on any atom is -0.494 e. The van der Waals surface area contributed by atoms with Gasteiger partial charge in [0.2, 0.25) is 10.0 Å². The molecule has 5 nitrogen and oxygen atoms in total. The summed E-state index contributed by atoms with van der Waals surface area (Å²) in [6, 6.07) is 2.84. The van der Waals surface area contributed by atoms with E-state index in [2.05, 4.69) is 20.7 Å². The SMILES string of the molecule is COc1c(Br)cc(Cl)cc1S(=O)(=O)NCCC(C)N. The lowest BCUT2D eigenvalue weighted by Crippen LogP contribution is -2.29. The number of rotatable bonds is 6. The molecule has 0 aliphatic heterocycles. The third-order valence-corrected chi connectivity index (χ3v) is 4.63. The van der Waals surface area contributed by atoms with Crippen LogP contribution in [0.25, 0.3) is 0 Å². The van der Waals surface area contributed by atoms with Crippen molar-refractivity contribution in [2.75, 3.05) is 13.7 Å². The first-order valence-corrected chi connectivity index (χ1v) is 8.21. The van der Waals surface area contributed by atoms with Gasteiger partial charge in [0.05, 0.1) is 11.6 Å². The largest absolute Gasteiger partial charge is 0.494 e. The van der Waals surface area contributed by atoms with Gasteiger partial charge in [-0.1, -0.05) is 11.6 Å². The number of sulfonamides is 1. The lowest BCUT2D eigenvalue weighted by atomic mass is 10.3. The molecule has 0 amide bonds. The number of ether oxygens (including phenoxy) is 1. The lowest BCUT2D eigenvalue weighted by molar-refractivity contribution is 0.399. The van der Waals surface area contributed by atoms with Crippen LogP contribution in [-0.4, -0.2) is 28.1 Å². The molecule has 108 valence electrons. The summed E-state index contributed by atoms with van der Waals surface area (Å²) in [5.41, 5.74) is 5.58. The number of methoxy groups -OCH3 is 1. The second-order valence-corrected chi connectivity index (χ2v) is 7.11. The Hall–Kier alpha value is -0.340. The maximum atomic E-state index is 12.2. The van der Waals surface area contributed by atoms with Crippen molar-refractivity contribution in [1.82, 2.24) is 4.72 Å². The maximum Gasteiger partial charge on any atom is 0.244 e. The predicted octanol–water partition coefficient (Wildman–Crippen LogP) is 2.13. The molecular weight excluding hydrogens is 356 g/mol. The Morgan fingerprint density at radius 3 is 2.68 bits per heavy atom. The van der Waals surface area contributed by atoms with Crippen LogP contribution in [0.5, 0.6) is 5.75 Å². The number of halogens is 2. The molecule has 1 aromatic carbocycles. The first-order chi connectivity index (χ1) is 8.77. The van der Waals surface area contributed by atoms with Gasteiger partial charge in [0, 0.05) is 17.6 Å². The topological polar surface area (TPSA) is 81.4 Å². The van der Waals surface area contributed by atoms with Gasteiger partial charge in [0.25, 0.3) is 0 Å². The molecule has 19 heavy (non-hydrogen) atoms. The van der Waals surface area contributed by atoms with Crippen LogP contribution in [0.15, 0.2) is 21.5 Å². The van der Waals surface area contributed by atoms with Gasteiger partial charge in [0.1, 0.15) is 4.90 Å². The van der Waals surface area contributed by atoms with Gasteiger partial charge in [-0.05, 0) is 41.4 Å². The summed E-state index contributed by atoms with van der Waals surface area (Å²) in [5.74, 6) is 0.220. The summed E-state index contributed by atoms with van der Waals surface area (Å²) in [5, 5.41) is 0.306. The Bertz CT molecular complexity index is 549. The van der Waals surface area contributed by atoms with Crippen molar-refractivity contribution in [3.05, 3.63) is 21.6 Å². The summed E-state index contributed by atoms with van der Waals surface area (Å²) in [4.78, 5) is -0.000880. The van der Waals surface area contributed by atoms with Crippen LogP contribution in [0.3, 0.4) is 0 Å². The Balaban J connectivity index is 3.07. The van der Waals surface area contributed by atoms with Crippen molar-refractivity contribution in [3.8, 4) is 5.75 Å². The fourth-order valence-corrected chi connectivity index (χ4v) is 3.86. The van der Waals surface area contributed by atoms with E-state index in [1.807, 2.05) is 6.92 Å². The second-order valence-electron chi connectivity index (χ2n) is 4.08. The van der Waals surface area contributed by atoms with E-state index in [4.69, 9.17) is 22.1 Å². The van der Waals surface area contributed by atoms with E-state index >= 15 is 0 Å². The van der Waals surface area contributed by atoms with Gasteiger partial charge in [0.15, 0.2) is 5.75 Å². The molecule has 8 heteroatoms. The molecule has 0 spiro atoms. The molecule has 0 aromatic heterocycles. The third-order valence-electron chi connectivity index (χ3n) is 2.36. The molecule has 0 fully saturated rings. The smallest absolute Gasteiger partial charge is 0.244 e. The van der Waals surface area contributed by atoms with Gasteiger partial charge in [-0.2, -0.15) is 0 Å². The molecule has 0 radical (unpaired) electrons. The number of nitrogens with two attached hydrogens (primary N) is 1. The number of nitrogens with one attached hydrogen (secondary N) is 1. The van der Waals surface area contributed by atoms with Gasteiger partial charge in [-0.15, -0.1) is 0 Å². The van der Waals surface area contributed by atoms with E-state index in [0.717, 1.165) is 0 Å². The van der Waals surface area contributed by atoms with Crippen LogP contribution >= 0.6 is 27.5 Å². The van der Waals surface area contributed by atoms with E-state index in [0.29, 0.717) is 15.9 Å². The fraction of sp³-hybridized carbons (Fsp3) is 0.455. The molecule has 1 unspecified atom stereocenters. The highest BCUT2D eigenvalue weighted by atomic mass is 79.9. The molecule has 3 N–H and O–H groups in total. The monoisotopic (exact) mass is 370 g/mol. The standard InChI is InChI=1S/C11H16BrClN2O3S/c1-7(14)3-4-15-19(16,17)10-6-8(13)5-9(12)11(10)18-2/h5-7,15H,3-4,14H2,1-2H3. The van der Waals surface area contributed by atoms with Crippen LogP contribution < -0.4 is 15.2 Å². The summed E-state index contributed by atoms with van der Waals surface area (Å²) in [6.07, 6.45) is 0.545. The van der Waals surface area contributed by atoms with Crippen molar-refractivity contribution in [2.45, 2.75) is 24.3 Å². The molecule has 0 heterocycles. The molecule has 0 saturated heterocycles. The van der Waals surface area contributed by atoms with Crippen molar-refractivity contribution < 1.29 is 13.2 Å². The normalized spacial score (nSPS) is 13.3. The summed E-state index contributed by atoms with van der Waals surface area (Å²) < 4.78 is 32.4. The van der Waals surface area contributed by atoms with Crippen LogP contribution in [0.2, 0.25) is 5.02 Å². The summed E-state index contributed by atoms with van der Waals surface area (Å²) in [6.45, 7) is 2.07. The maximum absolute atomic E-state index is 12.2. The molecule has 1 aromatic rings. The molecule has 0 aliphatic carbocycles. The zero-order valence-corrected chi connectivity index (χ0v) is 13.8. The molecule has 1 rings (SSSR count). The van der Waals surface area contributed by atoms with Crippen molar-refractivity contribution in [1.29, 1.82) is 0 Å².